The van der Waals surface area contributed by atoms with Crippen LogP contribution in [0.1, 0.15) is 17.7 Å². The van der Waals surface area contributed by atoms with Gasteiger partial charge in [0.05, 0.1) is 10.5 Å². The average Bonchev–Trinajstić information content (AvgIpc) is 2.65. The van der Waals surface area contributed by atoms with Crippen molar-refractivity contribution >= 4 is 22.5 Å². The van der Waals surface area contributed by atoms with Crippen molar-refractivity contribution in [3.8, 4) is 0 Å². The lowest BCUT2D eigenvalue weighted by atomic mass is 10.1. The van der Waals surface area contributed by atoms with Gasteiger partial charge in [0.2, 0.25) is 0 Å². The lowest BCUT2D eigenvalue weighted by Crippen LogP contribution is -1.77. The lowest BCUT2D eigenvalue weighted by Gasteiger charge is -1.94. The summed E-state index contributed by atoms with van der Waals surface area (Å²) < 4.78 is 0. The minimum Gasteiger partial charge on any atom is -0.357 e. The van der Waals surface area contributed by atoms with Gasteiger partial charge in [-0.15, -0.1) is 0 Å². The van der Waals surface area contributed by atoms with Crippen LogP contribution >= 0.6 is 11.6 Å². The van der Waals surface area contributed by atoms with Crippen molar-refractivity contribution in [3.63, 3.8) is 0 Å². The van der Waals surface area contributed by atoms with E-state index in [9.17, 15) is 0 Å². The van der Waals surface area contributed by atoms with E-state index >= 15 is 0 Å². The number of aromatic nitrogens is 1. The fourth-order valence-electron chi connectivity index (χ4n) is 2.23. The van der Waals surface area contributed by atoms with Crippen LogP contribution in [-0.4, -0.2) is 4.98 Å². The average molecular weight is 192 g/mol. The molecule has 3 rings (SSSR count). The van der Waals surface area contributed by atoms with Crippen molar-refractivity contribution in [1.82, 2.24) is 4.98 Å². The third-order valence-corrected chi connectivity index (χ3v) is 3.15. The summed E-state index contributed by atoms with van der Waals surface area (Å²) in [6.07, 6.45) is 3.67. The molecule has 0 saturated carbocycles. The molecule has 1 aromatic heterocycles. The van der Waals surface area contributed by atoms with Crippen LogP contribution in [0.4, 0.5) is 0 Å². The number of rotatable bonds is 0. The molecule has 0 aliphatic heterocycles. The first kappa shape index (κ1) is 7.45. The number of halogens is 1. The monoisotopic (exact) mass is 191 g/mol. The highest BCUT2D eigenvalue weighted by Gasteiger charge is 2.17. The van der Waals surface area contributed by atoms with E-state index < -0.39 is 0 Å². The molecule has 1 N–H and O–H groups in total. The second-order valence-corrected chi connectivity index (χ2v) is 4.01. The highest BCUT2D eigenvalue weighted by Crippen LogP contribution is 2.32. The smallest absolute Gasteiger partial charge is 0.0648 e. The quantitative estimate of drug-likeness (QED) is 0.658. The van der Waals surface area contributed by atoms with E-state index in [1.807, 2.05) is 12.1 Å². The Bertz CT molecular complexity index is 470. The molecule has 1 nitrogen and oxygen atoms in total. The zero-order valence-corrected chi connectivity index (χ0v) is 7.99. The second-order valence-electron chi connectivity index (χ2n) is 3.60. The predicted molar refractivity (Wildman–Crippen MR) is 55.3 cm³/mol. The van der Waals surface area contributed by atoms with E-state index in [-0.39, 0.29) is 0 Å². The van der Waals surface area contributed by atoms with Gasteiger partial charge < -0.3 is 4.98 Å². The van der Waals surface area contributed by atoms with Crippen LogP contribution in [0.15, 0.2) is 18.2 Å². The van der Waals surface area contributed by atoms with Crippen LogP contribution in [0.5, 0.6) is 0 Å². The topological polar surface area (TPSA) is 15.8 Å². The molecular weight excluding hydrogens is 182 g/mol. The molecule has 66 valence electrons. The first-order valence-corrected chi connectivity index (χ1v) is 5.02. The third kappa shape index (κ3) is 0.939. The van der Waals surface area contributed by atoms with E-state index in [1.165, 1.54) is 35.9 Å². The van der Waals surface area contributed by atoms with Crippen LogP contribution in [0, 0.1) is 0 Å². The Morgan fingerprint density at radius 2 is 2.15 bits per heavy atom. The highest BCUT2D eigenvalue weighted by molar-refractivity contribution is 6.35. The summed E-state index contributed by atoms with van der Waals surface area (Å²) >= 11 is 6.09. The van der Waals surface area contributed by atoms with E-state index in [0.717, 1.165) is 10.5 Å². The lowest BCUT2D eigenvalue weighted by molar-refractivity contribution is 0.899. The van der Waals surface area contributed by atoms with Gasteiger partial charge in [-0.25, -0.2) is 0 Å². The molecule has 13 heavy (non-hydrogen) atoms. The maximum atomic E-state index is 6.09. The molecule has 0 spiro atoms. The molecule has 2 heteroatoms. The summed E-state index contributed by atoms with van der Waals surface area (Å²) in [4.78, 5) is 3.41. The molecule has 0 amide bonds. The molecule has 0 saturated heterocycles. The van der Waals surface area contributed by atoms with Crippen LogP contribution < -0.4 is 0 Å². The summed E-state index contributed by atoms with van der Waals surface area (Å²) in [5.41, 5.74) is 3.99. The summed E-state index contributed by atoms with van der Waals surface area (Å²) in [7, 11) is 0. The van der Waals surface area contributed by atoms with E-state index in [4.69, 9.17) is 11.6 Å². The number of fused-ring (bicyclic) bond motifs is 3. The molecule has 0 radical (unpaired) electrons. The van der Waals surface area contributed by atoms with Gasteiger partial charge in [-0.2, -0.15) is 0 Å². The van der Waals surface area contributed by atoms with Gasteiger partial charge in [0.25, 0.3) is 0 Å². The Morgan fingerprint density at radius 3 is 3.08 bits per heavy atom. The maximum Gasteiger partial charge on any atom is 0.0648 e. The molecule has 1 aliphatic carbocycles. The largest absolute Gasteiger partial charge is 0.357 e. The Morgan fingerprint density at radius 1 is 1.23 bits per heavy atom. The van der Waals surface area contributed by atoms with Gasteiger partial charge in [-0.3, -0.25) is 0 Å². The Kier molecular flexibility index (Phi) is 1.44. The molecule has 1 heterocycles. The summed E-state index contributed by atoms with van der Waals surface area (Å²) in [5, 5.41) is 2.16. The molecule has 0 unspecified atom stereocenters. The first-order chi connectivity index (χ1) is 6.36. The number of benzene rings is 1. The SMILES string of the molecule is Clc1cccc2c3c([nH]c12)CCC3. The molecular formula is C11H10ClN. The number of hydrogen-bond acceptors (Lipinski definition) is 0. The van der Waals surface area contributed by atoms with Crippen LogP contribution in [-0.2, 0) is 12.8 Å². The highest BCUT2D eigenvalue weighted by atomic mass is 35.5. The molecule has 1 aromatic carbocycles. The maximum absolute atomic E-state index is 6.09. The number of H-pyrrole nitrogens is 1. The number of para-hydroxylation sites is 1. The standard InChI is InChI=1S/C11H10ClN/c12-9-5-1-4-8-7-3-2-6-10(7)13-11(8)9/h1,4-5,13H,2-3,6H2. The Labute approximate surface area is 81.7 Å². The summed E-state index contributed by atoms with van der Waals surface area (Å²) in [5.74, 6) is 0. The van der Waals surface area contributed by atoms with Crippen LogP contribution in [0.3, 0.4) is 0 Å². The van der Waals surface area contributed by atoms with Gasteiger partial charge in [-0.05, 0) is 30.9 Å². The van der Waals surface area contributed by atoms with Gasteiger partial charge in [-0.1, -0.05) is 23.7 Å². The minimum atomic E-state index is 0.840. The fraction of sp³-hybridized carbons (Fsp3) is 0.273. The van der Waals surface area contributed by atoms with Crippen LogP contribution in [0.2, 0.25) is 5.02 Å². The second kappa shape index (κ2) is 2.52. The minimum absolute atomic E-state index is 0.840. The molecule has 1 aliphatic rings. The van der Waals surface area contributed by atoms with E-state index in [0.29, 0.717) is 0 Å². The van der Waals surface area contributed by atoms with Crippen molar-refractivity contribution in [2.45, 2.75) is 19.3 Å². The third-order valence-electron chi connectivity index (χ3n) is 2.83. The summed E-state index contributed by atoms with van der Waals surface area (Å²) in [6, 6.07) is 6.12. The number of nitrogens with one attached hydrogen (secondary N) is 1. The van der Waals surface area contributed by atoms with Gasteiger partial charge >= 0.3 is 0 Å². The van der Waals surface area contributed by atoms with Crippen LogP contribution in [0.25, 0.3) is 10.9 Å². The number of aryl methyl sites for hydroxylation is 2. The molecule has 0 atom stereocenters. The Balaban J connectivity index is 2.44. The van der Waals surface area contributed by atoms with Gasteiger partial charge in [0, 0.05) is 11.1 Å². The van der Waals surface area contributed by atoms with Gasteiger partial charge in [0.15, 0.2) is 0 Å². The van der Waals surface area contributed by atoms with Crippen molar-refractivity contribution in [3.05, 3.63) is 34.5 Å². The zero-order chi connectivity index (χ0) is 8.84. The number of hydrogen-bond donors (Lipinski definition) is 1. The summed E-state index contributed by atoms with van der Waals surface area (Å²) in [6.45, 7) is 0. The van der Waals surface area contributed by atoms with Crippen molar-refractivity contribution in [2.75, 3.05) is 0 Å². The molecule has 2 aromatic rings. The van der Waals surface area contributed by atoms with E-state index in [1.54, 1.807) is 0 Å². The number of aromatic amines is 1. The van der Waals surface area contributed by atoms with Crippen molar-refractivity contribution in [2.24, 2.45) is 0 Å². The van der Waals surface area contributed by atoms with Crippen molar-refractivity contribution in [1.29, 1.82) is 0 Å². The predicted octanol–water partition coefficient (Wildman–Crippen LogP) is 3.31. The normalized spacial score (nSPS) is 15.2. The Hall–Kier alpha value is -0.950. The molecule has 0 fully saturated rings. The fourth-order valence-corrected chi connectivity index (χ4v) is 2.45. The first-order valence-electron chi connectivity index (χ1n) is 4.64. The molecule has 0 bridgehead atoms. The van der Waals surface area contributed by atoms with Crippen molar-refractivity contribution < 1.29 is 0 Å². The van der Waals surface area contributed by atoms with Gasteiger partial charge in [0.1, 0.15) is 0 Å². The van der Waals surface area contributed by atoms with E-state index in [2.05, 4.69) is 11.1 Å². The zero-order valence-electron chi connectivity index (χ0n) is 7.23.